The standard InChI is InChI=1S/C17H23N3/c1-20(2)17(9-3-4-10-17)16(18)14-7-8-15-13(12-14)6-5-11-19-15/h5-8,11-12,16H,3-4,9-10,18H2,1-2H3. The van der Waals surface area contributed by atoms with Crippen molar-refractivity contribution in [3.63, 3.8) is 0 Å². The lowest BCUT2D eigenvalue weighted by Gasteiger charge is -2.41. The van der Waals surface area contributed by atoms with E-state index in [4.69, 9.17) is 5.73 Å². The minimum absolute atomic E-state index is 0.0598. The molecule has 1 unspecified atom stereocenters. The minimum atomic E-state index is 0.0598. The van der Waals surface area contributed by atoms with E-state index in [1.807, 2.05) is 12.3 Å². The average Bonchev–Trinajstić information content (AvgIpc) is 2.97. The van der Waals surface area contributed by atoms with Gasteiger partial charge in [0.25, 0.3) is 0 Å². The van der Waals surface area contributed by atoms with Gasteiger partial charge in [0.2, 0.25) is 0 Å². The van der Waals surface area contributed by atoms with Crippen molar-refractivity contribution in [3.8, 4) is 0 Å². The van der Waals surface area contributed by atoms with Crippen molar-refractivity contribution in [3.05, 3.63) is 42.1 Å². The molecule has 20 heavy (non-hydrogen) atoms. The molecule has 3 heteroatoms. The molecule has 1 aromatic heterocycles. The Morgan fingerprint density at radius 3 is 2.65 bits per heavy atom. The molecule has 1 fully saturated rings. The summed E-state index contributed by atoms with van der Waals surface area (Å²) in [5.41, 5.74) is 9.03. The summed E-state index contributed by atoms with van der Waals surface area (Å²) in [7, 11) is 4.32. The Bertz CT molecular complexity index is 600. The van der Waals surface area contributed by atoms with Gasteiger partial charge in [-0.1, -0.05) is 25.0 Å². The summed E-state index contributed by atoms with van der Waals surface area (Å²) in [6.45, 7) is 0. The fourth-order valence-corrected chi connectivity index (χ4v) is 3.62. The smallest absolute Gasteiger partial charge is 0.0702 e. The summed E-state index contributed by atoms with van der Waals surface area (Å²) in [5, 5.41) is 1.17. The molecule has 106 valence electrons. The van der Waals surface area contributed by atoms with Crippen molar-refractivity contribution in [1.82, 2.24) is 9.88 Å². The fraction of sp³-hybridized carbons (Fsp3) is 0.471. The quantitative estimate of drug-likeness (QED) is 0.931. The number of likely N-dealkylation sites (N-methyl/N-ethyl adjacent to an activating group) is 1. The van der Waals surface area contributed by atoms with Gasteiger partial charge < -0.3 is 10.6 Å². The molecule has 2 N–H and O–H groups in total. The van der Waals surface area contributed by atoms with E-state index in [2.05, 4.69) is 48.2 Å². The van der Waals surface area contributed by atoms with E-state index in [0.29, 0.717) is 0 Å². The number of aromatic nitrogens is 1. The first-order valence-electron chi connectivity index (χ1n) is 7.41. The molecule has 0 spiro atoms. The van der Waals surface area contributed by atoms with Gasteiger partial charge in [0, 0.05) is 23.2 Å². The number of hydrogen-bond donors (Lipinski definition) is 1. The molecule has 2 aromatic rings. The first kappa shape index (κ1) is 13.5. The summed E-state index contributed by atoms with van der Waals surface area (Å²) >= 11 is 0. The number of hydrogen-bond acceptors (Lipinski definition) is 3. The predicted molar refractivity (Wildman–Crippen MR) is 83.6 cm³/mol. The Morgan fingerprint density at radius 2 is 1.95 bits per heavy atom. The highest BCUT2D eigenvalue weighted by molar-refractivity contribution is 5.79. The van der Waals surface area contributed by atoms with E-state index >= 15 is 0 Å². The molecule has 1 saturated carbocycles. The lowest BCUT2D eigenvalue weighted by atomic mass is 9.83. The topological polar surface area (TPSA) is 42.1 Å². The Balaban J connectivity index is 2.00. The number of fused-ring (bicyclic) bond motifs is 1. The molecule has 0 radical (unpaired) electrons. The minimum Gasteiger partial charge on any atom is -0.322 e. The Morgan fingerprint density at radius 1 is 1.20 bits per heavy atom. The SMILES string of the molecule is CN(C)C1(C(N)c2ccc3ncccc3c2)CCCC1. The lowest BCUT2D eigenvalue weighted by Crippen LogP contribution is -2.50. The van der Waals surface area contributed by atoms with Gasteiger partial charge >= 0.3 is 0 Å². The van der Waals surface area contributed by atoms with Gasteiger partial charge in [-0.15, -0.1) is 0 Å². The molecular formula is C17H23N3. The van der Waals surface area contributed by atoms with E-state index in [-0.39, 0.29) is 11.6 Å². The van der Waals surface area contributed by atoms with Crippen LogP contribution in [0.25, 0.3) is 10.9 Å². The molecule has 0 saturated heterocycles. The largest absolute Gasteiger partial charge is 0.322 e. The van der Waals surface area contributed by atoms with Gasteiger partial charge in [0.1, 0.15) is 0 Å². The fourth-order valence-electron chi connectivity index (χ4n) is 3.62. The van der Waals surface area contributed by atoms with Crippen LogP contribution in [0.5, 0.6) is 0 Å². The Kier molecular flexibility index (Phi) is 3.48. The Hall–Kier alpha value is -1.45. The second kappa shape index (κ2) is 5.15. The van der Waals surface area contributed by atoms with Crippen LogP contribution in [0, 0.1) is 0 Å². The summed E-state index contributed by atoms with van der Waals surface area (Å²) in [5.74, 6) is 0. The zero-order valence-corrected chi connectivity index (χ0v) is 12.3. The molecule has 3 nitrogen and oxygen atoms in total. The van der Waals surface area contributed by atoms with Crippen molar-refractivity contribution in [2.24, 2.45) is 5.73 Å². The normalized spacial score (nSPS) is 19.6. The average molecular weight is 269 g/mol. The van der Waals surface area contributed by atoms with Crippen molar-refractivity contribution in [2.75, 3.05) is 14.1 Å². The van der Waals surface area contributed by atoms with Crippen LogP contribution in [0.3, 0.4) is 0 Å². The molecule has 0 bridgehead atoms. The number of nitrogens with zero attached hydrogens (tertiary/aromatic N) is 2. The zero-order valence-electron chi connectivity index (χ0n) is 12.3. The van der Waals surface area contributed by atoms with Crippen molar-refractivity contribution in [2.45, 2.75) is 37.3 Å². The molecular weight excluding hydrogens is 246 g/mol. The van der Waals surface area contributed by atoms with Gasteiger partial charge in [-0.25, -0.2) is 0 Å². The second-order valence-electron chi connectivity index (χ2n) is 6.14. The molecule has 3 rings (SSSR count). The van der Waals surface area contributed by atoms with E-state index in [1.165, 1.54) is 36.6 Å². The highest BCUT2D eigenvalue weighted by atomic mass is 15.2. The zero-order chi connectivity index (χ0) is 14.2. The maximum atomic E-state index is 6.67. The maximum absolute atomic E-state index is 6.67. The van der Waals surface area contributed by atoms with Crippen LogP contribution in [-0.2, 0) is 0 Å². The highest BCUT2D eigenvalue weighted by Gasteiger charge is 2.42. The van der Waals surface area contributed by atoms with Crippen molar-refractivity contribution in [1.29, 1.82) is 0 Å². The number of nitrogens with two attached hydrogens (primary N) is 1. The van der Waals surface area contributed by atoms with Gasteiger partial charge in [0.15, 0.2) is 0 Å². The number of rotatable bonds is 3. The first-order valence-corrected chi connectivity index (χ1v) is 7.41. The summed E-state index contributed by atoms with van der Waals surface area (Å²) in [4.78, 5) is 6.71. The van der Waals surface area contributed by atoms with Crippen molar-refractivity contribution < 1.29 is 0 Å². The third-order valence-electron chi connectivity index (χ3n) is 4.93. The van der Waals surface area contributed by atoms with Gasteiger partial charge in [-0.3, -0.25) is 4.98 Å². The van der Waals surface area contributed by atoms with Crippen LogP contribution in [0.4, 0.5) is 0 Å². The second-order valence-corrected chi connectivity index (χ2v) is 6.14. The summed E-state index contributed by atoms with van der Waals surface area (Å²) < 4.78 is 0. The molecule has 1 heterocycles. The van der Waals surface area contributed by atoms with Crippen LogP contribution in [0.1, 0.15) is 37.3 Å². The van der Waals surface area contributed by atoms with Crippen LogP contribution in [0.2, 0.25) is 0 Å². The molecule has 0 amide bonds. The molecule has 1 aliphatic rings. The van der Waals surface area contributed by atoms with Gasteiger partial charge in [0.05, 0.1) is 5.52 Å². The third-order valence-corrected chi connectivity index (χ3v) is 4.93. The number of benzene rings is 1. The van der Waals surface area contributed by atoms with Crippen molar-refractivity contribution >= 4 is 10.9 Å². The highest BCUT2D eigenvalue weighted by Crippen LogP contribution is 2.42. The first-order chi connectivity index (χ1) is 9.63. The van der Waals surface area contributed by atoms with Crippen LogP contribution in [-0.4, -0.2) is 29.5 Å². The molecule has 0 aliphatic heterocycles. The molecule has 1 atom stereocenters. The van der Waals surface area contributed by atoms with E-state index in [0.717, 1.165) is 5.52 Å². The van der Waals surface area contributed by atoms with E-state index < -0.39 is 0 Å². The monoisotopic (exact) mass is 269 g/mol. The summed E-state index contributed by atoms with van der Waals surface area (Å²) in [6.07, 6.45) is 6.76. The molecule has 1 aromatic carbocycles. The van der Waals surface area contributed by atoms with Crippen LogP contribution < -0.4 is 5.73 Å². The van der Waals surface area contributed by atoms with Gasteiger partial charge in [-0.2, -0.15) is 0 Å². The van der Waals surface area contributed by atoms with Crippen LogP contribution in [0.15, 0.2) is 36.5 Å². The van der Waals surface area contributed by atoms with E-state index in [9.17, 15) is 0 Å². The van der Waals surface area contributed by atoms with Crippen LogP contribution >= 0.6 is 0 Å². The Labute approximate surface area is 120 Å². The lowest BCUT2D eigenvalue weighted by molar-refractivity contribution is 0.123. The van der Waals surface area contributed by atoms with E-state index in [1.54, 1.807) is 0 Å². The van der Waals surface area contributed by atoms with Gasteiger partial charge in [-0.05, 0) is 50.7 Å². The third kappa shape index (κ3) is 2.11. The molecule has 1 aliphatic carbocycles. The maximum Gasteiger partial charge on any atom is 0.0702 e. The predicted octanol–water partition coefficient (Wildman–Crippen LogP) is 3.11. The number of pyridine rings is 1. The summed E-state index contributed by atoms with van der Waals surface area (Å²) in [6, 6.07) is 10.6.